The lowest BCUT2D eigenvalue weighted by atomic mass is 10.1. The van der Waals surface area contributed by atoms with Gasteiger partial charge in [0.15, 0.2) is 0 Å². The molecule has 0 heterocycles. The van der Waals surface area contributed by atoms with E-state index < -0.39 is 17.6 Å². The van der Waals surface area contributed by atoms with E-state index in [0.717, 1.165) is 18.9 Å². The molecule has 1 aromatic rings. The highest BCUT2D eigenvalue weighted by Gasteiger charge is 2.34. The maximum atomic E-state index is 12.8. The van der Waals surface area contributed by atoms with Crippen LogP contribution in [0.25, 0.3) is 0 Å². The average Bonchev–Trinajstić information content (AvgIpc) is 2.98. The minimum absolute atomic E-state index is 0.0980. The number of rotatable bonds is 3. The van der Waals surface area contributed by atoms with Crippen LogP contribution < -0.4 is 5.32 Å². The second kappa shape index (κ2) is 4.05. The van der Waals surface area contributed by atoms with Crippen LogP contribution in [0.3, 0.4) is 0 Å². The van der Waals surface area contributed by atoms with Crippen molar-refractivity contribution < 1.29 is 17.6 Å². The third kappa shape index (κ3) is 2.72. The first kappa shape index (κ1) is 11.4. The molecule has 0 atom stereocenters. The van der Waals surface area contributed by atoms with Crippen LogP contribution in [0.1, 0.15) is 24.0 Å². The summed E-state index contributed by atoms with van der Waals surface area (Å²) in [7, 11) is 0. The number of alkyl halides is 3. The first-order chi connectivity index (χ1) is 7.47. The summed E-state index contributed by atoms with van der Waals surface area (Å²) in [6.07, 6.45) is -2.49. The van der Waals surface area contributed by atoms with E-state index in [1.165, 1.54) is 6.07 Å². The third-order valence-electron chi connectivity index (χ3n) is 2.54. The van der Waals surface area contributed by atoms with Gasteiger partial charge < -0.3 is 5.32 Å². The fraction of sp³-hybridized carbons (Fsp3) is 0.455. The van der Waals surface area contributed by atoms with Gasteiger partial charge in [-0.25, -0.2) is 4.39 Å². The third-order valence-corrected chi connectivity index (χ3v) is 2.54. The van der Waals surface area contributed by atoms with Crippen molar-refractivity contribution in [2.45, 2.75) is 31.6 Å². The fourth-order valence-corrected chi connectivity index (χ4v) is 1.51. The van der Waals surface area contributed by atoms with E-state index in [0.29, 0.717) is 12.1 Å². The fourth-order valence-electron chi connectivity index (χ4n) is 1.51. The largest absolute Gasteiger partial charge is 0.416 e. The van der Waals surface area contributed by atoms with Crippen LogP contribution in [0, 0.1) is 5.82 Å². The van der Waals surface area contributed by atoms with Gasteiger partial charge in [0.1, 0.15) is 5.82 Å². The molecule has 16 heavy (non-hydrogen) atoms. The number of hydrogen-bond acceptors (Lipinski definition) is 1. The van der Waals surface area contributed by atoms with E-state index in [9.17, 15) is 17.6 Å². The lowest BCUT2D eigenvalue weighted by Gasteiger charge is -2.13. The lowest BCUT2D eigenvalue weighted by molar-refractivity contribution is -0.138. The molecule has 88 valence electrons. The van der Waals surface area contributed by atoms with Crippen molar-refractivity contribution in [3.63, 3.8) is 0 Å². The molecule has 1 N–H and O–H groups in total. The monoisotopic (exact) mass is 233 g/mol. The smallest absolute Gasteiger partial charge is 0.310 e. The Morgan fingerprint density at radius 3 is 2.50 bits per heavy atom. The highest BCUT2D eigenvalue weighted by Crippen LogP contribution is 2.33. The zero-order valence-corrected chi connectivity index (χ0v) is 8.44. The van der Waals surface area contributed by atoms with Crippen LogP contribution in [0.4, 0.5) is 17.6 Å². The second-order valence-electron chi connectivity index (χ2n) is 3.95. The minimum atomic E-state index is -4.50. The van der Waals surface area contributed by atoms with Gasteiger partial charge in [-0.1, -0.05) is 6.07 Å². The first-order valence-corrected chi connectivity index (χ1v) is 5.06. The summed E-state index contributed by atoms with van der Waals surface area (Å²) in [6.45, 7) is 0.139. The van der Waals surface area contributed by atoms with Gasteiger partial charge in [0, 0.05) is 12.6 Å². The molecule has 1 fully saturated rings. The predicted molar refractivity (Wildman–Crippen MR) is 51.3 cm³/mol. The molecule has 0 aliphatic heterocycles. The Labute approximate surface area is 90.5 Å². The molecular weight excluding hydrogens is 222 g/mol. The molecule has 2 rings (SSSR count). The van der Waals surface area contributed by atoms with Crippen molar-refractivity contribution in [2.24, 2.45) is 0 Å². The van der Waals surface area contributed by atoms with Crippen LogP contribution in [0.2, 0.25) is 0 Å². The van der Waals surface area contributed by atoms with Gasteiger partial charge in [-0.2, -0.15) is 13.2 Å². The molecule has 1 aliphatic carbocycles. The van der Waals surface area contributed by atoms with Gasteiger partial charge in [0.05, 0.1) is 5.56 Å². The summed E-state index contributed by atoms with van der Waals surface area (Å²) in [5.41, 5.74) is -0.790. The van der Waals surface area contributed by atoms with Crippen molar-refractivity contribution in [3.05, 3.63) is 35.1 Å². The molecule has 1 saturated carbocycles. The van der Waals surface area contributed by atoms with E-state index in [1.807, 2.05) is 0 Å². The average molecular weight is 233 g/mol. The summed E-state index contributed by atoms with van der Waals surface area (Å²) in [5, 5.41) is 2.98. The second-order valence-corrected chi connectivity index (χ2v) is 3.95. The zero-order valence-electron chi connectivity index (χ0n) is 8.44. The van der Waals surface area contributed by atoms with Crippen molar-refractivity contribution in [3.8, 4) is 0 Å². The molecule has 1 aliphatic rings. The summed E-state index contributed by atoms with van der Waals surface area (Å²) >= 11 is 0. The van der Waals surface area contributed by atoms with Crippen molar-refractivity contribution in [2.75, 3.05) is 0 Å². The van der Waals surface area contributed by atoms with Crippen molar-refractivity contribution in [1.29, 1.82) is 0 Å². The van der Waals surface area contributed by atoms with Crippen molar-refractivity contribution in [1.82, 2.24) is 5.32 Å². The normalized spacial score (nSPS) is 16.5. The highest BCUT2D eigenvalue weighted by molar-refractivity contribution is 5.30. The zero-order chi connectivity index (χ0) is 11.8. The van der Waals surface area contributed by atoms with Gasteiger partial charge in [0.25, 0.3) is 0 Å². The summed E-state index contributed by atoms with van der Waals surface area (Å²) < 4.78 is 50.5. The van der Waals surface area contributed by atoms with Crippen molar-refractivity contribution >= 4 is 0 Å². The Morgan fingerprint density at radius 2 is 1.94 bits per heavy atom. The molecule has 1 nitrogen and oxygen atoms in total. The maximum absolute atomic E-state index is 12.8. The molecule has 0 unspecified atom stereocenters. The Bertz CT molecular complexity index is 382. The van der Waals surface area contributed by atoms with Crippen LogP contribution >= 0.6 is 0 Å². The maximum Gasteiger partial charge on any atom is 0.416 e. The summed E-state index contributed by atoms with van der Waals surface area (Å²) in [6, 6.07) is 3.11. The van der Waals surface area contributed by atoms with E-state index in [4.69, 9.17) is 0 Å². The highest BCUT2D eigenvalue weighted by atomic mass is 19.4. The molecule has 0 aromatic heterocycles. The van der Waals surface area contributed by atoms with Gasteiger partial charge in [-0.3, -0.25) is 0 Å². The number of hydrogen-bond donors (Lipinski definition) is 1. The van der Waals surface area contributed by atoms with E-state index >= 15 is 0 Å². The molecule has 0 spiro atoms. The van der Waals surface area contributed by atoms with Crippen LogP contribution in [-0.2, 0) is 12.7 Å². The number of halogens is 4. The molecule has 5 heteroatoms. The number of benzene rings is 1. The van der Waals surface area contributed by atoms with Gasteiger partial charge in [-0.15, -0.1) is 0 Å². The Kier molecular flexibility index (Phi) is 2.88. The first-order valence-electron chi connectivity index (χ1n) is 5.06. The summed E-state index contributed by atoms with van der Waals surface area (Å²) in [5.74, 6) is -0.859. The summed E-state index contributed by atoms with van der Waals surface area (Å²) in [4.78, 5) is 0. The molecule has 0 bridgehead atoms. The lowest BCUT2D eigenvalue weighted by Crippen LogP contribution is -2.19. The Balaban J connectivity index is 2.20. The molecule has 1 aromatic carbocycles. The quantitative estimate of drug-likeness (QED) is 0.791. The van der Waals surface area contributed by atoms with Crippen LogP contribution in [0.15, 0.2) is 18.2 Å². The van der Waals surface area contributed by atoms with Gasteiger partial charge in [0.2, 0.25) is 0 Å². The number of nitrogens with one attached hydrogen (secondary N) is 1. The minimum Gasteiger partial charge on any atom is -0.310 e. The van der Waals surface area contributed by atoms with Gasteiger partial charge >= 0.3 is 6.18 Å². The van der Waals surface area contributed by atoms with Gasteiger partial charge in [-0.05, 0) is 30.5 Å². The topological polar surface area (TPSA) is 12.0 Å². The SMILES string of the molecule is Fc1ccc(CNC2CC2)c(C(F)(F)F)c1. The molecule has 0 radical (unpaired) electrons. The van der Waals surface area contributed by atoms with E-state index in [2.05, 4.69) is 5.32 Å². The van der Waals surface area contributed by atoms with E-state index in [1.54, 1.807) is 0 Å². The Morgan fingerprint density at radius 1 is 1.25 bits per heavy atom. The molecule has 0 saturated heterocycles. The van der Waals surface area contributed by atoms with E-state index in [-0.39, 0.29) is 12.1 Å². The standard InChI is InChI=1S/C11H11F4N/c12-8-2-1-7(6-16-9-3-4-9)10(5-8)11(13,14)15/h1-2,5,9,16H,3-4,6H2. The molecule has 0 amide bonds. The molecular formula is C11H11F4N. The van der Waals surface area contributed by atoms with Crippen LogP contribution in [-0.4, -0.2) is 6.04 Å². The predicted octanol–water partition coefficient (Wildman–Crippen LogP) is 3.10. The Hall–Kier alpha value is -1.10. The van der Waals surface area contributed by atoms with Crippen LogP contribution in [0.5, 0.6) is 0 Å².